The van der Waals surface area contributed by atoms with E-state index >= 15 is 0 Å². The largest absolute Gasteiger partial charge is 0.470 e. The quantitative estimate of drug-likeness (QED) is 0.892. The van der Waals surface area contributed by atoms with Crippen molar-refractivity contribution in [2.75, 3.05) is 12.8 Å². The molecule has 0 aliphatic carbocycles. The number of nitrogens with two attached hydrogens (primary N) is 1. The van der Waals surface area contributed by atoms with Gasteiger partial charge in [0.2, 0.25) is 5.88 Å². The van der Waals surface area contributed by atoms with Crippen LogP contribution in [0.1, 0.15) is 24.4 Å². The molecule has 2 rings (SSSR count). The number of rotatable bonds is 5. The molecule has 0 aliphatic rings. The van der Waals surface area contributed by atoms with Gasteiger partial charge >= 0.3 is 0 Å². The van der Waals surface area contributed by atoms with Gasteiger partial charge in [0.15, 0.2) is 5.82 Å². The predicted octanol–water partition coefficient (Wildman–Crippen LogP) is 2.35. The molecule has 0 bridgehead atoms. The first kappa shape index (κ1) is 13.3. The Labute approximate surface area is 112 Å². The van der Waals surface area contributed by atoms with Crippen molar-refractivity contribution in [1.82, 2.24) is 9.97 Å². The molecule has 0 saturated carbocycles. The highest BCUT2D eigenvalue weighted by Gasteiger charge is 2.09. The highest BCUT2D eigenvalue weighted by Crippen LogP contribution is 2.21. The maximum atomic E-state index is 5.78. The monoisotopic (exact) mass is 259 g/mol. The van der Waals surface area contributed by atoms with Crippen LogP contribution in [0.2, 0.25) is 0 Å². The lowest BCUT2D eigenvalue weighted by Crippen LogP contribution is -2.08. The first-order valence-electron chi connectivity index (χ1n) is 6.03. The average molecular weight is 259 g/mol. The molecular formula is C14H17N3O2. The van der Waals surface area contributed by atoms with Crippen LogP contribution >= 0.6 is 0 Å². The summed E-state index contributed by atoms with van der Waals surface area (Å²) in [6.07, 6.45) is -0.106. The summed E-state index contributed by atoms with van der Waals surface area (Å²) in [4.78, 5) is 8.32. The van der Waals surface area contributed by atoms with E-state index in [1.165, 1.54) is 0 Å². The van der Waals surface area contributed by atoms with Gasteiger partial charge in [-0.25, -0.2) is 4.98 Å². The van der Waals surface area contributed by atoms with Crippen molar-refractivity contribution in [3.8, 4) is 5.88 Å². The van der Waals surface area contributed by atoms with E-state index in [1.54, 1.807) is 13.2 Å². The Bertz CT molecular complexity index is 531. The molecule has 0 spiro atoms. The van der Waals surface area contributed by atoms with Gasteiger partial charge in [-0.15, -0.1) is 0 Å². The number of nitrogen functional groups attached to an aromatic ring is 1. The van der Waals surface area contributed by atoms with Gasteiger partial charge in [0, 0.05) is 13.2 Å². The van der Waals surface area contributed by atoms with Crippen molar-refractivity contribution in [1.29, 1.82) is 0 Å². The molecule has 0 radical (unpaired) electrons. The Hall–Kier alpha value is -2.14. The number of ether oxygens (including phenoxy) is 2. The molecular weight excluding hydrogens is 242 g/mol. The number of methoxy groups -OCH3 is 1. The van der Waals surface area contributed by atoms with Crippen LogP contribution in [0.3, 0.4) is 0 Å². The summed E-state index contributed by atoms with van der Waals surface area (Å²) in [6, 6.07) is 11.5. The molecule has 2 aromatic rings. The minimum atomic E-state index is -0.106. The van der Waals surface area contributed by atoms with Crippen LogP contribution in [0.15, 0.2) is 36.4 Å². The number of benzene rings is 1. The molecule has 5 nitrogen and oxygen atoms in total. The molecule has 0 saturated heterocycles. The zero-order valence-electron chi connectivity index (χ0n) is 11.0. The van der Waals surface area contributed by atoms with E-state index in [4.69, 9.17) is 15.2 Å². The van der Waals surface area contributed by atoms with E-state index in [9.17, 15) is 0 Å². The molecule has 100 valence electrons. The summed E-state index contributed by atoms with van der Waals surface area (Å²) >= 11 is 0. The summed E-state index contributed by atoms with van der Waals surface area (Å²) in [5.41, 5.74) is 6.79. The Kier molecular flexibility index (Phi) is 4.30. The minimum Gasteiger partial charge on any atom is -0.470 e. The fourth-order valence-electron chi connectivity index (χ4n) is 1.72. The third kappa shape index (κ3) is 3.66. The van der Waals surface area contributed by atoms with Crippen molar-refractivity contribution in [3.63, 3.8) is 0 Å². The van der Waals surface area contributed by atoms with Crippen LogP contribution in [0, 0.1) is 0 Å². The Balaban J connectivity index is 2.14. The second kappa shape index (κ2) is 6.15. The summed E-state index contributed by atoms with van der Waals surface area (Å²) in [7, 11) is 1.58. The van der Waals surface area contributed by atoms with Crippen LogP contribution in [0.4, 0.5) is 5.82 Å². The number of hydrogen-bond donors (Lipinski definition) is 1. The van der Waals surface area contributed by atoms with Gasteiger partial charge in [0.1, 0.15) is 18.5 Å². The molecule has 0 fully saturated rings. The van der Waals surface area contributed by atoms with Gasteiger partial charge < -0.3 is 15.2 Å². The van der Waals surface area contributed by atoms with Gasteiger partial charge in [0.05, 0.1) is 0 Å². The highest BCUT2D eigenvalue weighted by molar-refractivity contribution is 5.33. The lowest BCUT2D eigenvalue weighted by atomic mass is 10.1. The topological polar surface area (TPSA) is 70.3 Å². The lowest BCUT2D eigenvalue weighted by Gasteiger charge is -2.14. The van der Waals surface area contributed by atoms with Crippen LogP contribution in [0.5, 0.6) is 5.88 Å². The van der Waals surface area contributed by atoms with Crippen LogP contribution in [0.25, 0.3) is 0 Å². The van der Waals surface area contributed by atoms with E-state index < -0.39 is 0 Å². The van der Waals surface area contributed by atoms with Gasteiger partial charge in [-0.2, -0.15) is 4.98 Å². The molecule has 1 aromatic carbocycles. The number of anilines is 1. The minimum absolute atomic E-state index is 0.106. The van der Waals surface area contributed by atoms with Crippen LogP contribution in [-0.2, 0) is 11.3 Å². The van der Waals surface area contributed by atoms with E-state index in [0.29, 0.717) is 24.1 Å². The first-order valence-corrected chi connectivity index (χ1v) is 6.03. The number of nitrogens with zero attached hydrogens (tertiary/aromatic N) is 2. The average Bonchev–Trinajstić information content (AvgIpc) is 2.39. The maximum absolute atomic E-state index is 5.78. The Morgan fingerprint density at radius 3 is 2.63 bits per heavy atom. The lowest BCUT2D eigenvalue weighted by molar-refractivity contribution is 0.173. The number of aromatic nitrogens is 2. The maximum Gasteiger partial charge on any atom is 0.219 e. The van der Waals surface area contributed by atoms with Gasteiger partial charge in [0.25, 0.3) is 0 Å². The molecule has 2 N–H and O–H groups in total. The molecule has 1 atom stereocenters. The summed E-state index contributed by atoms with van der Waals surface area (Å²) in [5.74, 6) is 1.34. The van der Waals surface area contributed by atoms with Crippen molar-refractivity contribution >= 4 is 5.82 Å². The molecule has 19 heavy (non-hydrogen) atoms. The standard InChI is InChI=1S/C14H17N3O2/c1-10(11-6-4-3-5-7-11)19-14-8-12(15)16-13(17-14)9-18-2/h3-8,10H,9H2,1-2H3,(H2,15,16,17). The highest BCUT2D eigenvalue weighted by atomic mass is 16.5. The molecule has 5 heteroatoms. The molecule has 1 heterocycles. The van der Waals surface area contributed by atoms with Crippen molar-refractivity contribution in [2.45, 2.75) is 19.6 Å². The number of hydrogen-bond acceptors (Lipinski definition) is 5. The van der Waals surface area contributed by atoms with Crippen molar-refractivity contribution < 1.29 is 9.47 Å². The Morgan fingerprint density at radius 2 is 1.95 bits per heavy atom. The predicted molar refractivity (Wildman–Crippen MR) is 72.6 cm³/mol. The molecule has 0 amide bonds. The fourth-order valence-corrected chi connectivity index (χ4v) is 1.72. The fraction of sp³-hybridized carbons (Fsp3) is 0.286. The van der Waals surface area contributed by atoms with E-state index in [-0.39, 0.29) is 6.10 Å². The first-order chi connectivity index (χ1) is 9.19. The second-order valence-electron chi connectivity index (χ2n) is 4.15. The Morgan fingerprint density at radius 1 is 1.21 bits per heavy atom. The zero-order chi connectivity index (χ0) is 13.7. The van der Waals surface area contributed by atoms with E-state index in [1.807, 2.05) is 37.3 Å². The van der Waals surface area contributed by atoms with Gasteiger partial charge in [-0.3, -0.25) is 0 Å². The van der Waals surface area contributed by atoms with E-state index in [2.05, 4.69) is 9.97 Å². The molecule has 1 aromatic heterocycles. The zero-order valence-corrected chi connectivity index (χ0v) is 11.0. The summed E-state index contributed by atoms with van der Waals surface area (Å²) in [6.45, 7) is 2.27. The van der Waals surface area contributed by atoms with Crippen LogP contribution in [-0.4, -0.2) is 17.1 Å². The second-order valence-corrected chi connectivity index (χ2v) is 4.15. The molecule has 0 aliphatic heterocycles. The van der Waals surface area contributed by atoms with Gasteiger partial charge in [-0.1, -0.05) is 30.3 Å². The van der Waals surface area contributed by atoms with E-state index in [0.717, 1.165) is 5.56 Å². The summed E-state index contributed by atoms with van der Waals surface area (Å²) in [5, 5.41) is 0. The third-order valence-electron chi connectivity index (χ3n) is 2.61. The van der Waals surface area contributed by atoms with Crippen LogP contribution < -0.4 is 10.5 Å². The van der Waals surface area contributed by atoms with Crippen molar-refractivity contribution in [2.24, 2.45) is 0 Å². The smallest absolute Gasteiger partial charge is 0.219 e. The third-order valence-corrected chi connectivity index (χ3v) is 2.61. The SMILES string of the molecule is COCc1nc(N)cc(OC(C)c2ccccc2)n1. The molecule has 1 unspecified atom stereocenters. The van der Waals surface area contributed by atoms with Crippen molar-refractivity contribution in [3.05, 3.63) is 47.8 Å². The normalized spacial score (nSPS) is 12.1. The summed E-state index contributed by atoms with van der Waals surface area (Å²) < 4.78 is 10.8. The van der Waals surface area contributed by atoms with Gasteiger partial charge in [-0.05, 0) is 12.5 Å².